The lowest BCUT2D eigenvalue weighted by Gasteiger charge is -2.16. The maximum Gasteiger partial charge on any atom is 0.266 e. The summed E-state index contributed by atoms with van der Waals surface area (Å²) in [5, 5.41) is 2.04. The Kier molecular flexibility index (Phi) is 4.25. The maximum absolute atomic E-state index is 12.2. The van der Waals surface area contributed by atoms with Crippen LogP contribution in [-0.2, 0) is 4.79 Å². The molecule has 0 aromatic carbocycles. The first-order valence-corrected chi connectivity index (χ1v) is 7.89. The highest BCUT2D eigenvalue weighted by atomic mass is 32.2. The van der Waals surface area contributed by atoms with Crippen molar-refractivity contribution in [1.29, 1.82) is 0 Å². The number of carbonyl (C=O) groups excluding carboxylic acids is 1. The quantitative estimate of drug-likeness (QED) is 0.623. The Morgan fingerprint density at radius 2 is 2.22 bits per heavy atom. The van der Waals surface area contributed by atoms with Gasteiger partial charge in [-0.15, -0.1) is 11.3 Å². The molecule has 2 rings (SSSR count). The molecule has 2 heterocycles. The van der Waals surface area contributed by atoms with Crippen molar-refractivity contribution in [2.45, 2.75) is 20.8 Å². The van der Waals surface area contributed by atoms with Crippen LogP contribution in [0.25, 0.3) is 6.08 Å². The van der Waals surface area contributed by atoms with Crippen molar-refractivity contribution in [2.24, 2.45) is 5.92 Å². The highest BCUT2D eigenvalue weighted by Gasteiger charge is 2.32. The number of carbonyl (C=O) groups is 1. The Labute approximate surface area is 121 Å². The Morgan fingerprint density at radius 3 is 2.78 bits per heavy atom. The highest BCUT2D eigenvalue weighted by molar-refractivity contribution is 8.26. The fourth-order valence-electron chi connectivity index (χ4n) is 1.67. The number of thiophene rings is 1. The molecule has 0 unspecified atom stereocenters. The van der Waals surface area contributed by atoms with Gasteiger partial charge in [0.15, 0.2) is 0 Å². The zero-order valence-electron chi connectivity index (χ0n) is 10.6. The second-order valence-electron chi connectivity index (χ2n) is 4.65. The van der Waals surface area contributed by atoms with Crippen molar-refractivity contribution in [3.8, 4) is 0 Å². The third kappa shape index (κ3) is 2.84. The fourth-order valence-corrected chi connectivity index (χ4v) is 3.86. The summed E-state index contributed by atoms with van der Waals surface area (Å²) in [7, 11) is 0. The molecular formula is C13H15NOS3. The van der Waals surface area contributed by atoms with Crippen molar-refractivity contribution in [3.05, 3.63) is 26.8 Å². The number of aryl methyl sites for hydroxylation is 1. The van der Waals surface area contributed by atoms with Crippen LogP contribution >= 0.6 is 35.3 Å². The first-order valence-electron chi connectivity index (χ1n) is 5.78. The van der Waals surface area contributed by atoms with Crippen molar-refractivity contribution >= 4 is 51.6 Å². The molecule has 0 atom stereocenters. The summed E-state index contributed by atoms with van der Waals surface area (Å²) in [5.74, 6) is 0.474. The normalized spacial score (nSPS) is 18.4. The minimum atomic E-state index is 0.0477. The van der Waals surface area contributed by atoms with Gasteiger partial charge < -0.3 is 0 Å². The van der Waals surface area contributed by atoms with E-state index >= 15 is 0 Å². The minimum Gasteiger partial charge on any atom is -0.293 e. The number of amides is 1. The SMILES string of the molecule is Cc1ccsc1C=C1SC(=S)N(CC(C)C)C1=O. The monoisotopic (exact) mass is 297 g/mol. The van der Waals surface area contributed by atoms with E-state index in [9.17, 15) is 4.79 Å². The molecule has 0 aliphatic carbocycles. The molecule has 96 valence electrons. The maximum atomic E-state index is 12.2. The van der Waals surface area contributed by atoms with Gasteiger partial charge in [0.25, 0.3) is 5.91 Å². The molecule has 0 radical (unpaired) electrons. The summed E-state index contributed by atoms with van der Waals surface area (Å²) in [6, 6.07) is 2.06. The van der Waals surface area contributed by atoms with E-state index < -0.39 is 0 Å². The van der Waals surface area contributed by atoms with Crippen molar-refractivity contribution < 1.29 is 4.79 Å². The molecule has 0 saturated carbocycles. The van der Waals surface area contributed by atoms with Gasteiger partial charge in [-0.05, 0) is 35.9 Å². The predicted molar refractivity (Wildman–Crippen MR) is 83.8 cm³/mol. The Hall–Kier alpha value is -0.650. The molecule has 0 bridgehead atoms. The Bertz CT molecular complexity index is 516. The van der Waals surface area contributed by atoms with Crippen LogP contribution < -0.4 is 0 Å². The van der Waals surface area contributed by atoms with Crippen LogP contribution in [-0.4, -0.2) is 21.7 Å². The molecule has 2 nitrogen and oxygen atoms in total. The summed E-state index contributed by atoms with van der Waals surface area (Å²) in [6.07, 6.45) is 1.96. The van der Waals surface area contributed by atoms with Crippen LogP contribution in [0.15, 0.2) is 16.4 Å². The molecule has 0 spiro atoms. The van der Waals surface area contributed by atoms with E-state index in [1.54, 1.807) is 16.2 Å². The first kappa shape index (κ1) is 13.8. The van der Waals surface area contributed by atoms with Crippen molar-refractivity contribution in [1.82, 2.24) is 4.90 Å². The smallest absolute Gasteiger partial charge is 0.266 e. The molecule has 1 aliphatic rings. The van der Waals surface area contributed by atoms with Gasteiger partial charge in [-0.25, -0.2) is 0 Å². The Morgan fingerprint density at radius 1 is 1.50 bits per heavy atom. The summed E-state index contributed by atoms with van der Waals surface area (Å²) < 4.78 is 0.675. The second kappa shape index (κ2) is 5.55. The minimum absolute atomic E-state index is 0.0477. The van der Waals surface area contributed by atoms with Gasteiger partial charge in [0.1, 0.15) is 4.32 Å². The predicted octanol–water partition coefficient (Wildman–Crippen LogP) is 3.91. The van der Waals surface area contributed by atoms with E-state index in [1.165, 1.54) is 17.3 Å². The number of nitrogens with zero attached hydrogens (tertiary/aromatic N) is 1. The molecule has 1 aromatic rings. The number of hydrogen-bond acceptors (Lipinski definition) is 4. The van der Waals surface area contributed by atoms with Crippen molar-refractivity contribution in [2.75, 3.05) is 6.54 Å². The number of thiocarbonyl (C=S) groups is 1. The van der Waals surface area contributed by atoms with E-state index in [-0.39, 0.29) is 5.91 Å². The zero-order valence-corrected chi connectivity index (χ0v) is 13.0. The van der Waals surface area contributed by atoms with Crippen LogP contribution in [0.5, 0.6) is 0 Å². The lowest BCUT2D eigenvalue weighted by atomic mass is 10.2. The largest absolute Gasteiger partial charge is 0.293 e. The van der Waals surface area contributed by atoms with Crippen LogP contribution in [0.4, 0.5) is 0 Å². The van der Waals surface area contributed by atoms with Crippen molar-refractivity contribution in [3.63, 3.8) is 0 Å². The number of hydrogen-bond donors (Lipinski definition) is 0. The molecule has 5 heteroatoms. The van der Waals surface area contributed by atoms with Gasteiger partial charge in [-0.2, -0.15) is 0 Å². The summed E-state index contributed by atoms with van der Waals surface area (Å²) in [6.45, 7) is 6.93. The first-order chi connectivity index (χ1) is 8.49. The summed E-state index contributed by atoms with van der Waals surface area (Å²) >= 11 is 8.33. The van der Waals surface area contributed by atoms with Crippen LogP contribution in [0.2, 0.25) is 0 Å². The Balaban J connectivity index is 2.23. The second-order valence-corrected chi connectivity index (χ2v) is 7.28. The average molecular weight is 297 g/mol. The number of thioether (sulfide) groups is 1. The van der Waals surface area contributed by atoms with Gasteiger partial charge in [0, 0.05) is 11.4 Å². The highest BCUT2D eigenvalue weighted by Crippen LogP contribution is 2.34. The van der Waals surface area contributed by atoms with Gasteiger partial charge in [-0.3, -0.25) is 9.69 Å². The zero-order chi connectivity index (χ0) is 13.3. The van der Waals surface area contributed by atoms with Gasteiger partial charge in [0.05, 0.1) is 4.91 Å². The molecule has 0 N–H and O–H groups in total. The van der Waals surface area contributed by atoms with Gasteiger partial charge in [0.2, 0.25) is 0 Å². The molecular weight excluding hydrogens is 282 g/mol. The van der Waals surface area contributed by atoms with Crippen LogP contribution in [0.1, 0.15) is 24.3 Å². The van der Waals surface area contributed by atoms with E-state index in [0.29, 0.717) is 16.8 Å². The lowest BCUT2D eigenvalue weighted by molar-refractivity contribution is -0.122. The van der Waals surface area contributed by atoms with Crippen LogP contribution in [0.3, 0.4) is 0 Å². The third-order valence-corrected chi connectivity index (χ3v) is 4.93. The van der Waals surface area contributed by atoms with Gasteiger partial charge in [-0.1, -0.05) is 37.8 Å². The molecule has 1 saturated heterocycles. The molecule has 18 heavy (non-hydrogen) atoms. The molecule has 1 aromatic heterocycles. The summed E-state index contributed by atoms with van der Waals surface area (Å²) in [4.78, 5) is 15.8. The van der Waals surface area contributed by atoms with E-state index in [0.717, 1.165) is 9.78 Å². The number of rotatable bonds is 3. The van der Waals surface area contributed by atoms with E-state index in [4.69, 9.17) is 12.2 Å². The van der Waals surface area contributed by atoms with Gasteiger partial charge >= 0.3 is 0 Å². The fraction of sp³-hybridized carbons (Fsp3) is 0.385. The summed E-state index contributed by atoms with van der Waals surface area (Å²) in [5.41, 5.74) is 1.20. The molecule has 1 aliphatic heterocycles. The average Bonchev–Trinajstić information content (AvgIpc) is 2.79. The topological polar surface area (TPSA) is 20.3 Å². The van der Waals surface area contributed by atoms with E-state index in [2.05, 4.69) is 26.8 Å². The standard InChI is InChI=1S/C13H15NOS3/c1-8(2)7-14-12(15)11(18-13(14)16)6-10-9(3)4-5-17-10/h4-6,8H,7H2,1-3H3. The van der Waals surface area contributed by atoms with Crippen LogP contribution in [0, 0.1) is 12.8 Å². The molecule has 1 fully saturated rings. The third-order valence-electron chi connectivity index (χ3n) is 2.59. The van der Waals surface area contributed by atoms with E-state index in [1.807, 2.05) is 11.5 Å². The molecule has 1 amide bonds. The lowest BCUT2D eigenvalue weighted by Crippen LogP contribution is -2.31.